The van der Waals surface area contributed by atoms with Gasteiger partial charge in [-0.1, -0.05) is 208 Å². The molecule has 0 saturated heterocycles. The molecule has 0 saturated carbocycles. The van der Waals surface area contributed by atoms with Crippen LogP contribution >= 0.6 is 0 Å². The Morgan fingerprint density at radius 1 is 0.400 bits per heavy atom. The second kappa shape index (κ2) is 14.3. The van der Waals surface area contributed by atoms with Crippen LogP contribution < -0.4 is 0 Å². The standard InChI is InChI=1S/C60H41N5/c1-60(2)50-30-15-12-25-44(50)45-34-33-41(37-51(45)60)58-61-57(40-23-10-5-11-24-40)62-59(63-58)65-53-32-17-14-27-47(53)49-36-35-48-46-26-13-16-31-52(46)64(55(48)56(49)65)54-42(38-19-6-3-7-20-38)28-18-29-43(54)39-21-8-4-9-22-39/h3-37H,1-2H3/i3D,4D,6D,7D,8D,9D,19D,20D,21D,22D. The summed E-state index contributed by atoms with van der Waals surface area (Å²) in [6.45, 7) is 4.47. The van der Waals surface area contributed by atoms with E-state index in [1.54, 1.807) is 18.2 Å². The van der Waals surface area contributed by atoms with Gasteiger partial charge in [0.1, 0.15) is 0 Å². The van der Waals surface area contributed by atoms with Crippen LogP contribution in [0.2, 0.25) is 0 Å². The van der Waals surface area contributed by atoms with Gasteiger partial charge in [-0.25, -0.2) is 4.98 Å². The molecule has 0 N–H and O–H groups in total. The molecular formula is C60H41N5. The second-order valence-corrected chi connectivity index (χ2v) is 16.8. The Balaban J connectivity index is 1.20. The van der Waals surface area contributed by atoms with Crippen LogP contribution in [0, 0.1) is 0 Å². The second-order valence-electron chi connectivity index (χ2n) is 16.8. The predicted octanol–water partition coefficient (Wildman–Crippen LogP) is 15.0. The van der Waals surface area contributed by atoms with Crippen LogP contribution in [0.15, 0.2) is 212 Å². The number of para-hydroxylation sites is 3. The molecule has 65 heavy (non-hydrogen) atoms. The van der Waals surface area contributed by atoms with Crippen molar-refractivity contribution in [3.8, 4) is 67.8 Å². The van der Waals surface area contributed by atoms with Crippen LogP contribution in [-0.2, 0) is 5.41 Å². The van der Waals surface area contributed by atoms with Crippen molar-refractivity contribution >= 4 is 43.6 Å². The van der Waals surface area contributed by atoms with Crippen LogP contribution in [-0.4, -0.2) is 24.1 Å². The maximum Gasteiger partial charge on any atom is 0.238 e. The molecule has 306 valence electrons. The van der Waals surface area contributed by atoms with E-state index in [4.69, 9.17) is 23.2 Å². The Kier molecular flexibility index (Phi) is 6.23. The third-order valence-corrected chi connectivity index (χ3v) is 13.0. The first-order valence-electron chi connectivity index (χ1n) is 26.5. The van der Waals surface area contributed by atoms with Crippen LogP contribution in [0.3, 0.4) is 0 Å². The van der Waals surface area contributed by atoms with Crippen molar-refractivity contribution in [1.82, 2.24) is 24.1 Å². The molecule has 5 nitrogen and oxygen atoms in total. The molecule has 0 bridgehead atoms. The lowest BCUT2D eigenvalue weighted by Crippen LogP contribution is -2.15. The number of hydrogen-bond donors (Lipinski definition) is 0. The van der Waals surface area contributed by atoms with Gasteiger partial charge < -0.3 is 4.57 Å². The molecule has 5 heteroatoms. The van der Waals surface area contributed by atoms with Gasteiger partial charge in [0, 0.05) is 49.2 Å². The minimum Gasteiger partial charge on any atom is -0.306 e. The molecule has 0 radical (unpaired) electrons. The molecule has 0 aliphatic heterocycles. The predicted molar refractivity (Wildman–Crippen MR) is 268 cm³/mol. The number of nitrogens with zero attached hydrogens (tertiary/aromatic N) is 5. The van der Waals surface area contributed by atoms with Crippen molar-refractivity contribution < 1.29 is 13.7 Å². The summed E-state index contributed by atoms with van der Waals surface area (Å²) in [5.74, 6) is 1.19. The normalized spacial score (nSPS) is 15.0. The Labute approximate surface area is 390 Å². The minimum absolute atomic E-state index is 0.126. The van der Waals surface area contributed by atoms with Crippen molar-refractivity contribution in [3.63, 3.8) is 0 Å². The van der Waals surface area contributed by atoms with Gasteiger partial charge in [-0.3, -0.25) is 4.57 Å². The Morgan fingerprint density at radius 2 is 0.923 bits per heavy atom. The lowest BCUT2D eigenvalue weighted by molar-refractivity contribution is 0.660. The fourth-order valence-corrected chi connectivity index (χ4v) is 10.1. The van der Waals surface area contributed by atoms with Crippen molar-refractivity contribution in [2.75, 3.05) is 0 Å². The highest BCUT2D eigenvalue weighted by atomic mass is 15.2. The van der Waals surface area contributed by atoms with E-state index in [-0.39, 0.29) is 33.4 Å². The molecule has 12 aromatic rings. The van der Waals surface area contributed by atoms with Crippen LogP contribution in [0.1, 0.15) is 38.7 Å². The van der Waals surface area contributed by atoms with Crippen molar-refractivity contribution in [3.05, 3.63) is 223 Å². The molecule has 0 atom stereocenters. The van der Waals surface area contributed by atoms with E-state index in [0.717, 1.165) is 49.3 Å². The zero-order valence-corrected chi connectivity index (χ0v) is 35.2. The molecular weight excluding hydrogens is 791 g/mol. The quantitative estimate of drug-likeness (QED) is 0.168. The van der Waals surface area contributed by atoms with Gasteiger partial charge in [0.05, 0.1) is 41.5 Å². The van der Waals surface area contributed by atoms with Gasteiger partial charge in [-0.2, -0.15) is 9.97 Å². The van der Waals surface area contributed by atoms with Gasteiger partial charge in [0.25, 0.3) is 0 Å². The summed E-state index contributed by atoms with van der Waals surface area (Å²) in [4.78, 5) is 15.9. The summed E-state index contributed by atoms with van der Waals surface area (Å²) in [6.07, 6.45) is 0. The first-order valence-corrected chi connectivity index (χ1v) is 21.5. The van der Waals surface area contributed by atoms with Crippen molar-refractivity contribution in [2.24, 2.45) is 0 Å². The summed E-state index contributed by atoms with van der Waals surface area (Å²) in [5.41, 5.74) is 8.98. The first-order chi connectivity index (χ1) is 36.2. The SMILES string of the molecule is [2H]c1c([2H])c([2H])c(-c2cccc(-c3c([2H])c([2H])c([2H])c([2H])c3[2H])c2-n2c3ccccc3c3ccc4c5ccccc5n(-c5nc(-c6ccccc6)nc(-c6ccc7c(c6)C(C)(C)c6ccccc6-7)n5)c4c32)c([2H])c1[2H]. The molecule has 3 heterocycles. The van der Waals surface area contributed by atoms with E-state index in [1.807, 2.05) is 94.1 Å². The van der Waals surface area contributed by atoms with Crippen LogP contribution in [0.4, 0.5) is 0 Å². The maximum absolute atomic E-state index is 9.34. The minimum atomic E-state index is -0.569. The zero-order chi connectivity index (χ0) is 51.9. The van der Waals surface area contributed by atoms with Crippen molar-refractivity contribution in [2.45, 2.75) is 19.3 Å². The average Bonchev–Trinajstić information content (AvgIpc) is 4.05. The zero-order valence-electron chi connectivity index (χ0n) is 45.2. The molecule has 13 rings (SSSR count). The highest BCUT2D eigenvalue weighted by molar-refractivity contribution is 6.24. The van der Waals surface area contributed by atoms with E-state index in [9.17, 15) is 5.48 Å². The first kappa shape index (κ1) is 28.3. The van der Waals surface area contributed by atoms with E-state index < -0.39 is 60.4 Å². The Bertz CT molecular complexity index is 4320. The average molecular weight is 842 g/mol. The van der Waals surface area contributed by atoms with Gasteiger partial charge in [0.2, 0.25) is 5.95 Å². The van der Waals surface area contributed by atoms with E-state index in [0.29, 0.717) is 34.1 Å². The van der Waals surface area contributed by atoms with Gasteiger partial charge >= 0.3 is 0 Å². The molecule has 0 amide bonds. The summed E-state index contributed by atoms with van der Waals surface area (Å²) in [5, 5.41) is 3.24. The molecule has 1 aliphatic carbocycles. The Hall–Kier alpha value is -8.41. The number of aromatic nitrogens is 5. The fourth-order valence-electron chi connectivity index (χ4n) is 10.1. The third-order valence-electron chi connectivity index (χ3n) is 13.0. The van der Waals surface area contributed by atoms with Gasteiger partial charge in [0.15, 0.2) is 11.6 Å². The lowest BCUT2D eigenvalue weighted by atomic mass is 9.82. The summed E-state index contributed by atoms with van der Waals surface area (Å²) < 4.78 is 93.7. The smallest absolute Gasteiger partial charge is 0.238 e. The summed E-state index contributed by atoms with van der Waals surface area (Å²) in [6, 6.07) is 44.1. The fraction of sp³-hybridized carbons (Fsp3) is 0.0500. The number of rotatable bonds is 6. The molecule has 9 aromatic carbocycles. The topological polar surface area (TPSA) is 48.5 Å². The monoisotopic (exact) mass is 841 g/mol. The van der Waals surface area contributed by atoms with E-state index >= 15 is 0 Å². The Morgan fingerprint density at radius 3 is 1.58 bits per heavy atom. The summed E-state index contributed by atoms with van der Waals surface area (Å²) in [7, 11) is 0. The highest BCUT2D eigenvalue weighted by Gasteiger charge is 2.35. The maximum atomic E-state index is 9.34. The largest absolute Gasteiger partial charge is 0.306 e. The van der Waals surface area contributed by atoms with Crippen LogP contribution in [0.25, 0.3) is 111 Å². The molecule has 3 aromatic heterocycles. The number of hydrogen-bond acceptors (Lipinski definition) is 3. The summed E-state index contributed by atoms with van der Waals surface area (Å²) >= 11 is 0. The van der Waals surface area contributed by atoms with Crippen LogP contribution in [0.5, 0.6) is 0 Å². The molecule has 1 aliphatic rings. The molecule has 0 spiro atoms. The van der Waals surface area contributed by atoms with Gasteiger partial charge in [-0.05, 0) is 51.6 Å². The number of benzene rings is 9. The van der Waals surface area contributed by atoms with Gasteiger partial charge in [-0.15, -0.1) is 0 Å². The van der Waals surface area contributed by atoms with E-state index in [2.05, 4.69) is 62.4 Å². The lowest BCUT2D eigenvalue weighted by Gasteiger charge is -2.22. The van der Waals surface area contributed by atoms with E-state index in [1.165, 1.54) is 11.1 Å². The highest BCUT2D eigenvalue weighted by Crippen LogP contribution is 2.50. The molecule has 0 unspecified atom stereocenters. The third kappa shape index (κ3) is 5.62. The van der Waals surface area contributed by atoms with Crippen molar-refractivity contribution in [1.29, 1.82) is 0 Å². The molecule has 0 fully saturated rings. The number of fused-ring (bicyclic) bond motifs is 10.